The van der Waals surface area contributed by atoms with Gasteiger partial charge in [-0.1, -0.05) is 48.0 Å². The number of aryl methyl sites for hydroxylation is 3. The summed E-state index contributed by atoms with van der Waals surface area (Å²) in [4.78, 5) is 14.6. The van der Waals surface area contributed by atoms with Gasteiger partial charge in [0.1, 0.15) is 5.82 Å². The fourth-order valence-electron chi connectivity index (χ4n) is 4.28. The van der Waals surface area contributed by atoms with E-state index in [1.807, 2.05) is 17.9 Å². The maximum Gasteiger partial charge on any atom is 0.229 e. The SMILES string of the molecule is Cc1ccc(Nc2nc(N3CCN(Cc4ccccc4)CC3)nc3c2cnn3C)c(C)c1. The summed E-state index contributed by atoms with van der Waals surface area (Å²) < 4.78 is 1.82. The number of hydrogen-bond acceptors (Lipinski definition) is 6. The Bertz CT molecular complexity index is 1220. The first-order chi connectivity index (χ1) is 15.6. The lowest BCUT2D eigenvalue weighted by Gasteiger charge is -2.34. The van der Waals surface area contributed by atoms with Crippen molar-refractivity contribution in [3.05, 3.63) is 71.4 Å². The molecule has 5 rings (SSSR count). The van der Waals surface area contributed by atoms with Crippen LogP contribution in [0.5, 0.6) is 0 Å². The second-order valence-electron chi connectivity index (χ2n) is 8.57. The van der Waals surface area contributed by atoms with Gasteiger partial charge in [-0.25, -0.2) is 0 Å². The third-order valence-corrected chi connectivity index (χ3v) is 6.12. The number of aromatic nitrogens is 4. The van der Waals surface area contributed by atoms with Gasteiger partial charge in [0.05, 0.1) is 11.6 Å². The molecule has 3 heterocycles. The Balaban J connectivity index is 1.38. The molecule has 0 spiro atoms. The Labute approximate surface area is 188 Å². The molecule has 4 aromatic rings. The van der Waals surface area contributed by atoms with E-state index in [9.17, 15) is 0 Å². The quantitative estimate of drug-likeness (QED) is 0.519. The minimum Gasteiger partial charge on any atom is -0.339 e. The molecule has 1 aliphatic rings. The van der Waals surface area contributed by atoms with Crippen molar-refractivity contribution in [2.24, 2.45) is 7.05 Å². The lowest BCUT2D eigenvalue weighted by molar-refractivity contribution is 0.249. The van der Waals surface area contributed by atoms with Crippen molar-refractivity contribution in [3.63, 3.8) is 0 Å². The zero-order chi connectivity index (χ0) is 22.1. The van der Waals surface area contributed by atoms with Crippen molar-refractivity contribution in [1.82, 2.24) is 24.6 Å². The maximum absolute atomic E-state index is 4.94. The van der Waals surface area contributed by atoms with Crippen LogP contribution in [0.15, 0.2) is 54.7 Å². The number of anilines is 3. The van der Waals surface area contributed by atoms with Gasteiger partial charge in [-0.3, -0.25) is 9.58 Å². The van der Waals surface area contributed by atoms with Crippen LogP contribution in [0.1, 0.15) is 16.7 Å². The van der Waals surface area contributed by atoms with E-state index < -0.39 is 0 Å². The minimum absolute atomic E-state index is 0.757. The average Bonchev–Trinajstić information content (AvgIpc) is 3.18. The number of fused-ring (bicyclic) bond motifs is 1. The molecule has 0 aliphatic carbocycles. The van der Waals surface area contributed by atoms with E-state index in [1.54, 1.807) is 0 Å². The predicted molar refractivity (Wildman–Crippen MR) is 129 cm³/mol. The van der Waals surface area contributed by atoms with Crippen molar-refractivity contribution in [1.29, 1.82) is 0 Å². The predicted octanol–water partition coefficient (Wildman–Crippen LogP) is 4.05. The summed E-state index contributed by atoms with van der Waals surface area (Å²) in [5.41, 5.74) is 5.69. The molecule has 0 saturated carbocycles. The zero-order valence-electron chi connectivity index (χ0n) is 18.9. The van der Waals surface area contributed by atoms with Crippen LogP contribution in [0.4, 0.5) is 17.5 Å². The van der Waals surface area contributed by atoms with E-state index in [2.05, 4.69) is 82.6 Å². The third-order valence-electron chi connectivity index (χ3n) is 6.12. The molecule has 7 heteroatoms. The first-order valence-electron chi connectivity index (χ1n) is 11.1. The van der Waals surface area contributed by atoms with Crippen LogP contribution in [-0.4, -0.2) is 50.8 Å². The van der Waals surface area contributed by atoms with Crippen LogP contribution in [0, 0.1) is 13.8 Å². The standard InChI is InChI=1S/C25H29N7/c1-18-9-10-22(19(2)15-18)27-23-21-16-26-30(3)24(21)29-25(28-23)32-13-11-31(12-14-32)17-20-7-5-4-6-8-20/h4-10,15-16H,11-14,17H2,1-3H3,(H,27,28,29). The van der Waals surface area contributed by atoms with Gasteiger partial charge in [-0.15, -0.1) is 0 Å². The van der Waals surface area contributed by atoms with E-state index in [1.165, 1.54) is 16.7 Å². The van der Waals surface area contributed by atoms with Crippen LogP contribution in [-0.2, 0) is 13.6 Å². The van der Waals surface area contributed by atoms with Crippen LogP contribution in [0.25, 0.3) is 11.0 Å². The van der Waals surface area contributed by atoms with Crippen molar-refractivity contribution in [2.75, 3.05) is 36.4 Å². The highest BCUT2D eigenvalue weighted by molar-refractivity contribution is 5.89. The molecule has 1 aliphatic heterocycles. The van der Waals surface area contributed by atoms with Crippen LogP contribution in [0.3, 0.4) is 0 Å². The summed E-state index contributed by atoms with van der Waals surface area (Å²) in [6.07, 6.45) is 1.84. The summed E-state index contributed by atoms with van der Waals surface area (Å²) >= 11 is 0. The molecular weight excluding hydrogens is 398 g/mol. The number of nitrogens with one attached hydrogen (secondary N) is 1. The molecule has 164 valence electrons. The molecular formula is C25H29N7. The first kappa shape index (κ1) is 20.5. The largest absolute Gasteiger partial charge is 0.339 e. The van der Waals surface area contributed by atoms with Gasteiger partial charge in [0, 0.05) is 45.5 Å². The number of hydrogen-bond donors (Lipinski definition) is 1. The highest BCUT2D eigenvalue weighted by atomic mass is 15.4. The van der Waals surface area contributed by atoms with Crippen molar-refractivity contribution < 1.29 is 0 Å². The number of rotatable bonds is 5. The summed E-state index contributed by atoms with van der Waals surface area (Å²) in [5.74, 6) is 1.56. The van der Waals surface area contributed by atoms with E-state index in [0.29, 0.717) is 0 Å². The van der Waals surface area contributed by atoms with Gasteiger partial charge < -0.3 is 10.2 Å². The Kier molecular flexibility index (Phi) is 5.49. The molecule has 2 aromatic heterocycles. The Morgan fingerprint density at radius 2 is 1.72 bits per heavy atom. The van der Waals surface area contributed by atoms with Crippen molar-refractivity contribution in [3.8, 4) is 0 Å². The van der Waals surface area contributed by atoms with Crippen molar-refractivity contribution in [2.45, 2.75) is 20.4 Å². The van der Waals surface area contributed by atoms with Gasteiger partial charge in [-0.05, 0) is 31.0 Å². The van der Waals surface area contributed by atoms with E-state index in [4.69, 9.17) is 9.97 Å². The van der Waals surface area contributed by atoms with Gasteiger partial charge in [0.25, 0.3) is 0 Å². The Morgan fingerprint density at radius 1 is 0.938 bits per heavy atom. The Hall–Kier alpha value is -3.45. The fraction of sp³-hybridized carbons (Fsp3) is 0.320. The van der Waals surface area contributed by atoms with E-state index in [-0.39, 0.29) is 0 Å². The minimum atomic E-state index is 0.757. The molecule has 0 radical (unpaired) electrons. The molecule has 1 saturated heterocycles. The highest BCUT2D eigenvalue weighted by Gasteiger charge is 2.22. The summed E-state index contributed by atoms with van der Waals surface area (Å²) in [7, 11) is 1.93. The normalized spacial score (nSPS) is 14.8. The molecule has 0 unspecified atom stereocenters. The van der Waals surface area contributed by atoms with Crippen molar-refractivity contribution >= 4 is 28.5 Å². The monoisotopic (exact) mass is 427 g/mol. The smallest absolute Gasteiger partial charge is 0.229 e. The van der Waals surface area contributed by atoms with Gasteiger partial charge in [-0.2, -0.15) is 15.1 Å². The van der Waals surface area contributed by atoms with Crippen LogP contribution >= 0.6 is 0 Å². The first-order valence-corrected chi connectivity index (χ1v) is 11.1. The summed E-state index contributed by atoms with van der Waals surface area (Å²) in [5, 5.41) is 8.89. The van der Waals surface area contributed by atoms with Crippen LogP contribution < -0.4 is 10.2 Å². The summed E-state index contributed by atoms with van der Waals surface area (Å²) in [6, 6.07) is 17.1. The topological polar surface area (TPSA) is 62.1 Å². The fourth-order valence-corrected chi connectivity index (χ4v) is 4.28. The zero-order valence-corrected chi connectivity index (χ0v) is 18.9. The molecule has 1 N–H and O–H groups in total. The maximum atomic E-state index is 4.94. The average molecular weight is 428 g/mol. The number of nitrogens with zero attached hydrogens (tertiary/aromatic N) is 6. The van der Waals surface area contributed by atoms with E-state index >= 15 is 0 Å². The molecule has 7 nitrogen and oxygen atoms in total. The molecule has 2 aromatic carbocycles. The van der Waals surface area contributed by atoms with Gasteiger partial charge in [0.2, 0.25) is 5.95 Å². The lowest BCUT2D eigenvalue weighted by Crippen LogP contribution is -2.46. The lowest BCUT2D eigenvalue weighted by atomic mass is 10.1. The van der Waals surface area contributed by atoms with E-state index in [0.717, 1.165) is 61.2 Å². The molecule has 0 bridgehead atoms. The van der Waals surface area contributed by atoms with Gasteiger partial charge in [0.15, 0.2) is 5.65 Å². The second-order valence-corrected chi connectivity index (χ2v) is 8.57. The van der Waals surface area contributed by atoms with Gasteiger partial charge >= 0.3 is 0 Å². The molecule has 0 amide bonds. The number of benzene rings is 2. The Morgan fingerprint density at radius 3 is 2.47 bits per heavy atom. The second kappa shape index (κ2) is 8.59. The number of piperazine rings is 1. The molecule has 0 atom stereocenters. The third kappa shape index (κ3) is 4.16. The summed E-state index contributed by atoms with van der Waals surface area (Å²) in [6.45, 7) is 8.98. The molecule has 32 heavy (non-hydrogen) atoms. The van der Waals surface area contributed by atoms with Crippen LogP contribution in [0.2, 0.25) is 0 Å². The highest BCUT2D eigenvalue weighted by Crippen LogP contribution is 2.28. The molecule has 1 fully saturated rings.